The Hall–Kier alpha value is -2.98. The molecule has 2 aromatic carbocycles. The van der Waals surface area contributed by atoms with E-state index >= 15 is 0 Å². The normalized spacial score (nSPS) is 12.5. The van der Waals surface area contributed by atoms with Gasteiger partial charge in [-0.05, 0) is 18.4 Å². The number of nitrogens with one attached hydrogen (secondary N) is 1. The first-order chi connectivity index (χ1) is 16.2. The number of carbonyl (C=O) groups is 1. The van der Waals surface area contributed by atoms with Crippen molar-refractivity contribution in [2.75, 3.05) is 25.3 Å². The van der Waals surface area contributed by atoms with Crippen LogP contribution in [-0.4, -0.2) is 35.8 Å². The maximum Gasteiger partial charge on any atom is 0.433 e. The predicted octanol–water partition coefficient (Wildman–Crippen LogP) is 5.66. The molecular formula is C23H19ClF3N3O3S. The summed E-state index contributed by atoms with van der Waals surface area (Å²) < 4.78 is 51.7. The van der Waals surface area contributed by atoms with Crippen molar-refractivity contribution in [1.82, 2.24) is 9.97 Å². The van der Waals surface area contributed by atoms with Crippen molar-refractivity contribution in [2.45, 2.75) is 24.2 Å². The van der Waals surface area contributed by atoms with Crippen LogP contribution in [0.1, 0.15) is 16.8 Å². The molecule has 178 valence electrons. The van der Waals surface area contributed by atoms with Crippen LogP contribution in [0.4, 0.5) is 18.9 Å². The Morgan fingerprint density at radius 1 is 1.12 bits per heavy atom. The predicted molar refractivity (Wildman–Crippen MR) is 124 cm³/mol. The Morgan fingerprint density at radius 2 is 1.85 bits per heavy atom. The van der Waals surface area contributed by atoms with E-state index in [-0.39, 0.29) is 28.6 Å². The van der Waals surface area contributed by atoms with E-state index in [0.29, 0.717) is 34.2 Å². The smallest absolute Gasteiger partial charge is 0.433 e. The number of rotatable bonds is 6. The van der Waals surface area contributed by atoms with Crippen LogP contribution in [0.3, 0.4) is 0 Å². The molecule has 0 fully saturated rings. The van der Waals surface area contributed by atoms with Gasteiger partial charge < -0.3 is 14.8 Å². The van der Waals surface area contributed by atoms with Crippen molar-refractivity contribution >= 4 is 35.0 Å². The first-order valence-corrected chi connectivity index (χ1v) is 11.5. The summed E-state index contributed by atoms with van der Waals surface area (Å²) >= 11 is 6.89. The molecule has 0 saturated heterocycles. The number of hydrogen-bond donors (Lipinski definition) is 1. The summed E-state index contributed by atoms with van der Waals surface area (Å²) in [5, 5.41) is 2.83. The summed E-state index contributed by atoms with van der Waals surface area (Å²) in [6.07, 6.45) is -3.95. The molecule has 3 aromatic rings. The van der Waals surface area contributed by atoms with Gasteiger partial charge in [0.1, 0.15) is 11.5 Å². The van der Waals surface area contributed by atoms with Gasteiger partial charge in [0.05, 0.1) is 36.4 Å². The second-order valence-electron chi connectivity index (χ2n) is 7.36. The van der Waals surface area contributed by atoms with E-state index in [0.717, 1.165) is 17.3 Å². The minimum absolute atomic E-state index is 0.0815. The third kappa shape index (κ3) is 4.92. The van der Waals surface area contributed by atoms with E-state index in [2.05, 4.69) is 15.3 Å². The number of benzene rings is 2. The van der Waals surface area contributed by atoms with Crippen molar-refractivity contribution in [3.8, 4) is 22.8 Å². The maximum atomic E-state index is 13.8. The van der Waals surface area contributed by atoms with Crippen molar-refractivity contribution in [1.29, 1.82) is 0 Å². The van der Waals surface area contributed by atoms with Gasteiger partial charge in [0.15, 0.2) is 10.9 Å². The molecule has 1 aliphatic carbocycles. The topological polar surface area (TPSA) is 73.3 Å². The number of carbonyl (C=O) groups excluding carboxylic acids is 1. The zero-order valence-corrected chi connectivity index (χ0v) is 19.7. The number of amides is 1. The van der Waals surface area contributed by atoms with Crippen LogP contribution in [-0.2, 0) is 23.8 Å². The SMILES string of the molecule is COc1cc(NC(=O)CSc2nc3c(c(C(F)(F)F)n2)CCc2ccccc2-3)c(OC)cc1Cl. The van der Waals surface area contributed by atoms with Crippen LogP contribution < -0.4 is 14.8 Å². The Bertz CT molecular complexity index is 1250. The van der Waals surface area contributed by atoms with Gasteiger partial charge >= 0.3 is 6.18 Å². The molecule has 1 aromatic heterocycles. The molecule has 34 heavy (non-hydrogen) atoms. The quantitative estimate of drug-likeness (QED) is 0.341. The highest BCUT2D eigenvalue weighted by Gasteiger charge is 2.38. The van der Waals surface area contributed by atoms with Crippen molar-refractivity contribution in [2.24, 2.45) is 0 Å². The molecular weight excluding hydrogens is 491 g/mol. The van der Waals surface area contributed by atoms with Crippen LogP contribution in [0, 0.1) is 0 Å². The zero-order chi connectivity index (χ0) is 24.5. The molecule has 0 aliphatic heterocycles. The molecule has 6 nitrogen and oxygen atoms in total. The Labute approximate surface area is 202 Å². The molecule has 1 N–H and O–H groups in total. The highest BCUT2D eigenvalue weighted by atomic mass is 35.5. The lowest BCUT2D eigenvalue weighted by Gasteiger charge is -2.22. The molecule has 0 atom stereocenters. The zero-order valence-electron chi connectivity index (χ0n) is 18.1. The number of aryl methyl sites for hydroxylation is 1. The average molecular weight is 510 g/mol. The number of alkyl halides is 3. The molecule has 0 radical (unpaired) electrons. The lowest BCUT2D eigenvalue weighted by molar-refractivity contribution is -0.142. The number of ether oxygens (including phenoxy) is 2. The molecule has 1 heterocycles. The van der Waals surface area contributed by atoms with Crippen LogP contribution in [0.5, 0.6) is 11.5 Å². The van der Waals surface area contributed by atoms with Crippen LogP contribution in [0.25, 0.3) is 11.3 Å². The first-order valence-electron chi connectivity index (χ1n) is 10.1. The largest absolute Gasteiger partial charge is 0.495 e. The Balaban J connectivity index is 1.59. The summed E-state index contributed by atoms with van der Waals surface area (Å²) in [6.45, 7) is 0. The molecule has 11 heteroatoms. The Kier molecular flexibility index (Phi) is 6.90. The highest BCUT2D eigenvalue weighted by Crippen LogP contribution is 2.40. The van der Waals surface area contributed by atoms with Crippen LogP contribution >= 0.6 is 23.4 Å². The molecule has 0 saturated carbocycles. The van der Waals surface area contributed by atoms with Gasteiger partial charge in [0.2, 0.25) is 5.91 Å². The number of halogens is 4. The highest BCUT2D eigenvalue weighted by molar-refractivity contribution is 7.99. The van der Waals surface area contributed by atoms with E-state index in [4.69, 9.17) is 21.1 Å². The summed E-state index contributed by atoms with van der Waals surface area (Å²) in [5.74, 6) is -0.0590. The van der Waals surface area contributed by atoms with E-state index < -0.39 is 17.8 Å². The number of aromatic nitrogens is 2. The molecule has 4 rings (SSSR count). The number of hydrogen-bond acceptors (Lipinski definition) is 6. The van der Waals surface area contributed by atoms with Crippen LogP contribution in [0.2, 0.25) is 5.02 Å². The van der Waals surface area contributed by atoms with Crippen molar-refractivity contribution < 1.29 is 27.4 Å². The van der Waals surface area contributed by atoms with Gasteiger partial charge in [-0.25, -0.2) is 9.97 Å². The summed E-state index contributed by atoms with van der Waals surface area (Å²) in [7, 11) is 2.85. The molecule has 1 aliphatic rings. The minimum Gasteiger partial charge on any atom is -0.495 e. The lowest BCUT2D eigenvalue weighted by atomic mass is 9.88. The van der Waals surface area contributed by atoms with Gasteiger partial charge in [-0.1, -0.05) is 47.6 Å². The van der Waals surface area contributed by atoms with Gasteiger partial charge in [0.25, 0.3) is 0 Å². The van der Waals surface area contributed by atoms with Crippen molar-refractivity contribution in [3.63, 3.8) is 0 Å². The number of thioether (sulfide) groups is 1. The number of nitrogens with zero attached hydrogens (tertiary/aromatic N) is 2. The average Bonchev–Trinajstić information content (AvgIpc) is 2.82. The molecule has 1 amide bonds. The maximum absolute atomic E-state index is 13.8. The van der Waals surface area contributed by atoms with Gasteiger partial charge in [0, 0.05) is 23.3 Å². The minimum atomic E-state index is -4.63. The molecule has 0 spiro atoms. The van der Waals surface area contributed by atoms with Crippen molar-refractivity contribution in [3.05, 3.63) is 58.2 Å². The monoisotopic (exact) mass is 509 g/mol. The number of methoxy groups -OCH3 is 2. The fourth-order valence-electron chi connectivity index (χ4n) is 3.73. The van der Waals surface area contributed by atoms with E-state index in [1.807, 2.05) is 12.1 Å². The van der Waals surface area contributed by atoms with Gasteiger partial charge in [-0.3, -0.25) is 4.79 Å². The lowest BCUT2D eigenvalue weighted by Crippen LogP contribution is -2.19. The number of fused-ring (bicyclic) bond motifs is 3. The summed E-state index contributed by atoms with van der Waals surface area (Å²) in [6, 6.07) is 10.2. The van der Waals surface area contributed by atoms with Gasteiger partial charge in [-0.15, -0.1) is 0 Å². The number of anilines is 1. The summed E-state index contributed by atoms with van der Waals surface area (Å²) in [4.78, 5) is 20.7. The molecule has 0 unspecified atom stereocenters. The second-order valence-corrected chi connectivity index (χ2v) is 8.71. The van der Waals surface area contributed by atoms with E-state index in [1.165, 1.54) is 26.4 Å². The Morgan fingerprint density at radius 3 is 2.56 bits per heavy atom. The van der Waals surface area contributed by atoms with E-state index in [9.17, 15) is 18.0 Å². The fourth-order valence-corrected chi connectivity index (χ4v) is 4.60. The standard InChI is InChI=1S/C23H19ClF3N3O3S/c1-32-17-10-16(18(33-2)9-15(17)24)28-19(31)11-34-22-29-20-13-6-4-3-5-12(13)7-8-14(20)21(30-22)23(25,26)27/h3-6,9-10H,7-8,11H2,1-2H3,(H,28,31). The van der Waals surface area contributed by atoms with Gasteiger partial charge in [-0.2, -0.15) is 13.2 Å². The second kappa shape index (κ2) is 9.71. The fraction of sp³-hybridized carbons (Fsp3) is 0.261. The third-order valence-corrected chi connectivity index (χ3v) is 6.39. The third-order valence-electron chi connectivity index (χ3n) is 5.25. The summed E-state index contributed by atoms with van der Waals surface area (Å²) in [5.41, 5.74) is 1.28. The molecule has 0 bridgehead atoms. The van der Waals surface area contributed by atoms with E-state index in [1.54, 1.807) is 12.1 Å². The first kappa shape index (κ1) is 24.2. The van der Waals surface area contributed by atoms with Crippen LogP contribution in [0.15, 0.2) is 41.6 Å².